The fourth-order valence-electron chi connectivity index (χ4n) is 4.12. The molecule has 0 aliphatic rings. The normalized spacial score (nSPS) is 12.6. The van der Waals surface area contributed by atoms with E-state index in [1.807, 2.05) is 30.3 Å². The maximum absolute atomic E-state index is 13.0. The minimum absolute atomic E-state index is 0.166. The zero-order chi connectivity index (χ0) is 27.2. The summed E-state index contributed by atoms with van der Waals surface area (Å²) in [5.41, 5.74) is 1.63. The number of carboxylic acid groups (broad SMARTS) is 1. The Kier molecular flexibility index (Phi) is 7.72. The van der Waals surface area contributed by atoms with Gasteiger partial charge in [-0.05, 0) is 48.2 Å². The highest BCUT2D eigenvalue weighted by atomic mass is 32.1. The first-order valence-corrected chi connectivity index (χ1v) is 13.3. The lowest BCUT2D eigenvalue weighted by atomic mass is 9.91. The Balaban J connectivity index is 1.19. The van der Waals surface area contributed by atoms with Crippen LogP contribution in [0.4, 0.5) is 5.00 Å². The number of carbonyl (C=O) groups is 2. The topological polar surface area (TPSA) is 114 Å². The van der Waals surface area contributed by atoms with Gasteiger partial charge in [0.2, 0.25) is 5.89 Å². The van der Waals surface area contributed by atoms with Gasteiger partial charge in [0.15, 0.2) is 16.9 Å². The van der Waals surface area contributed by atoms with Crippen molar-refractivity contribution in [3.8, 4) is 5.75 Å². The minimum Gasteiger partial charge on any atom is -0.492 e. The number of hydrogen-bond acceptors (Lipinski definition) is 8. The van der Waals surface area contributed by atoms with Crippen LogP contribution in [-0.2, 0) is 16.9 Å². The number of anilines is 1. The first-order valence-electron chi connectivity index (χ1n) is 12.4. The summed E-state index contributed by atoms with van der Waals surface area (Å²) in [6, 6.07) is 25.2. The van der Waals surface area contributed by atoms with E-state index >= 15 is 0 Å². The van der Waals surface area contributed by atoms with Crippen LogP contribution in [0, 0.1) is 0 Å². The Hall–Kier alpha value is -4.47. The van der Waals surface area contributed by atoms with E-state index in [4.69, 9.17) is 9.15 Å². The van der Waals surface area contributed by atoms with Gasteiger partial charge >= 0.3 is 5.97 Å². The lowest BCUT2D eigenvalue weighted by Crippen LogP contribution is -2.40. The molecule has 39 heavy (non-hydrogen) atoms. The summed E-state index contributed by atoms with van der Waals surface area (Å²) >= 11 is 1.29. The lowest BCUT2D eigenvalue weighted by molar-refractivity contribution is -0.142. The first kappa shape index (κ1) is 26.1. The second-order valence-electron chi connectivity index (χ2n) is 9.04. The van der Waals surface area contributed by atoms with E-state index in [0.717, 1.165) is 11.1 Å². The summed E-state index contributed by atoms with van der Waals surface area (Å²) in [6.45, 7) is 3.05. The molecule has 5 aromatic rings. The number of thiophene rings is 1. The molecule has 9 heteroatoms. The highest BCUT2D eigenvalue weighted by Gasteiger charge is 2.36. The second-order valence-corrected chi connectivity index (χ2v) is 9.95. The molecule has 0 fully saturated rings. The highest BCUT2D eigenvalue weighted by Crippen LogP contribution is 2.34. The maximum Gasteiger partial charge on any atom is 0.333 e. The van der Waals surface area contributed by atoms with Gasteiger partial charge < -0.3 is 24.9 Å². The summed E-state index contributed by atoms with van der Waals surface area (Å²) in [6.07, 6.45) is 0. The van der Waals surface area contributed by atoms with E-state index in [1.165, 1.54) is 11.3 Å². The summed E-state index contributed by atoms with van der Waals surface area (Å²) in [7, 11) is 0. The number of nitrogens with zero attached hydrogens (tertiary/aromatic N) is 1. The standard InChI is InChI=1S/C30H27N3O5S/c1-30(29(35)36,33-28-23(15-18-39-28)27(34)20-7-3-2-4-8-20)21-11-13-22(14-12-21)37-17-16-31-19-26-32-24-9-5-6-10-25(24)38-26/h2-15,18,31,33H,16-17,19H2,1H3,(H,35,36). The van der Waals surface area contributed by atoms with Crippen molar-refractivity contribution in [1.29, 1.82) is 0 Å². The molecule has 0 saturated carbocycles. The van der Waals surface area contributed by atoms with Gasteiger partial charge in [0.05, 0.1) is 12.1 Å². The molecule has 0 radical (unpaired) electrons. The van der Waals surface area contributed by atoms with Crippen molar-refractivity contribution in [2.75, 3.05) is 18.5 Å². The number of aliphatic carboxylic acids is 1. The number of para-hydroxylation sites is 2. The predicted octanol–water partition coefficient (Wildman–Crippen LogP) is 5.70. The number of ether oxygens (including phenoxy) is 1. The zero-order valence-electron chi connectivity index (χ0n) is 21.2. The van der Waals surface area contributed by atoms with Crippen molar-refractivity contribution in [3.05, 3.63) is 113 Å². The molecule has 3 aromatic carbocycles. The van der Waals surface area contributed by atoms with Crippen LogP contribution in [0.5, 0.6) is 5.75 Å². The van der Waals surface area contributed by atoms with Crippen LogP contribution in [0.15, 0.2) is 94.7 Å². The monoisotopic (exact) mass is 541 g/mol. The number of hydrogen-bond donors (Lipinski definition) is 3. The SMILES string of the molecule is CC(Nc1sccc1C(=O)c1ccccc1)(C(=O)O)c1ccc(OCCNCc2nc3ccccc3o2)cc1. The third-order valence-electron chi connectivity index (χ3n) is 6.33. The lowest BCUT2D eigenvalue weighted by Gasteiger charge is -2.28. The van der Waals surface area contributed by atoms with Crippen LogP contribution < -0.4 is 15.4 Å². The Morgan fingerprint density at radius 1 is 1.00 bits per heavy atom. The molecular weight excluding hydrogens is 514 g/mol. The Morgan fingerprint density at radius 2 is 1.74 bits per heavy atom. The average molecular weight is 542 g/mol. The quantitative estimate of drug-likeness (QED) is 0.136. The molecule has 0 aliphatic carbocycles. The molecule has 0 saturated heterocycles. The van der Waals surface area contributed by atoms with Crippen LogP contribution in [0.1, 0.15) is 34.3 Å². The van der Waals surface area contributed by atoms with Gasteiger partial charge in [-0.1, -0.05) is 54.6 Å². The van der Waals surface area contributed by atoms with E-state index in [9.17, 15) is 14.7 Å². The Bertz CT molecular complexity index is 1550. The molecule has 0 amide bonds. The molecule has 0 bridgehead atoms. The molecule has 2 aromatic heterocycles. The number of nitrogens with one attached hydrogen (secondary N) is 2. The van der Waals surface area contributed by atoms with Crippen molar-refractivity contribution >= 4 is 39.2 Å². The molecule has 5 rings (SSSR count). The largest absolute Gasteiger partial charge is 0.492 e. The third-order valence-corrected chi connectivity index (χ3v) is 7.16. The number of oxazole rings is 1. The fraction of sp³-hybridized carbons (Fsp3) is 0.167. The second kappa shape index (κ2) is 11.5. The van der Waals surface area contributed by atoms with Crippen LogP contribution in [-0.4, -0.2) is 35.0 Å². The molecule has 198 valence electrons. The van der Waals surface area contributed by atoms with Crippen molar-refractivity contribution in [1.82, 2.24) is 10.3 Å². The fourth-order valence-corrected chi connectivity index (χ4v) is 5.01. The van der Waals surface area contributed by atoms with Crippen LogP contribution in [0.3, 0.4) is 0 Å². The molecule has 0 aliphatic heterocycles. The summed E-state index contributed by atoms with van der Waals surface area (Å²) in [5.74, 6) is -0.00165. The van der Waals surface area contributed by atoms with Crippen molar-refractivity contribution in [2.45, 2.75) is 19.0 Å². The maximum atomic E-state index is 13.0. The third kappa shape index (κ3) is 5.84. The minimum atomic E-state index is -1.46. The number of carbonyl (C=O) groups excluding carboxylic acids is 1. The number of fused-ring (bicyclic) bond motifs is 1. The van der Waals surface area contributed by atoms with E-state index in [2.05, 4.69) is 15.6 Å². The van der Waals surface area contributed by atoms with Gasteiger partial charge in [-0.3, -0.25) is 4.79 Å². The summed E-state index contributed by atoms with van der Waals surface area (Å²) in [4.78, 5) is 29.9. The summed E-state index contributed by atoms with van der Waals surface area (Å²) < 4.78 is 11.5. The molecule has 0 spiro atoms. The van der Waals surface area contributed by atoms with Crippen LogP contribution >= 0.6 is 11.3 Å². The molecule has 8 nitrogen and oxygen atoms in total. The van der Waals surface area contributed by atoms with E-state index in [0.29, 0.717) is 53.0 Å². The van der Waals surface area contributed by atoms with Gasteiger partial charge in [0.25, 0.3) is 0 Å². The van der Waals surface area contributed by atoms with Crippen LogP contribution in [0.25, 0.3) is 11.1 Å². The number of carboxylic acids is 1. The van der Waals surface area contributed by atoms with Gasteiger partial charge in [0.1, 0.15) is 22.9 Å². The highest BCUT2D eigenvalue weighted by molar-refractivity contribution is 7.14. The van der Waals surface area contributed by atoms with Gasteiger partial charge in [-0.2, -0.15) is 0 Å². The molecule has 1 unspecified atom stereocenters. The van der Waals surface area contributed by atoms with Gasteiger partial charge in [0, 0.05) is 12.1 Å². The van der Waals surface area contributed by atoms with E-state index < -0.39 is 11.5 Å². The smallest absolute Gasteiger partial charge is 0.333 e. The Morgan fingerprint density at radius 3 is 2.49 bits per heavy atom. The molecule has 2 heterocycles. The molecule has 1 atom stereocenters. The summed E-state index contributed by atoms with van der Waals surface area (Å²) in [5, 5.41) is 18.8. The van der Waals surface area contributed by atoms with Crippen molar-refractivity contribution in [3.63, 3.8) is 0 Å². The zero-order valence-corrected chi connectivity index (χ0v) is 22.0. The van der Waals surface area contributed by atoms with Crippen molar-refractivity contribution in [2.24, 2.45) is 0 Å². The van der Waals surface area contributed by atoms with Crippen LogP contribution in [0.2, 0.25) is 0 Å². The molecule has 3 N–H and O–H groups in total. The van der Waals surface area contributed by atoms with E-state index in [-0.39, 0.29) is 5.78 Å². The van der Waals surface area contributed by atoms with E-state index in [1.54, 1.807) is 66.9 Å². The first-order chi connectivity index (χ1) is 18.9. The van der Waals surface area contributed by atoms with Gasteiger partial charge in [-0.25, -0.2) is 9.78 Å². The number of ketones is 1. The predicted molar refractivity (Wildman–Crippen MR) is 150 cm³/mol. The van der Waals surface area contributed by atoms with Crippen molar-refractivity contribution < 1.29 is 23.8 Å². The number of benzene rings is 3. The average Bonchev–Trinajstić information content (AvgIpc) is 3.59. The number of aromatic nitrogens is 1. The van der Waals surface area contributed by atoms with Gasteiger partial charge in [-0.15, -0.1) is 11.3 Å². The molecular formula is C30H27N3O5S. The Labute approximate surface area is 229 Å². The number of rotatable bonds is 12.